The maximum Gasteiger partial charge on any atom is 0.0414 e. The second-order valence-electron chi connectivity index (χ2n) is 1.99. The van der Waals surface area contributed by atoms with Crippen molar-refractivity contribution >= 4 is 5.69 Å². The molecule has 0 aliphatic heterocycles. The van der Waals surface area contributed by atoms with Crippen LogP contribution in [0.15, 0.2) is 18.5 Å². The van der Waals surface area contributed by atoms with Crippen LogP contribution in [0.25, 0.3) is 0 Å². The third kappa shape index (κ3) is 1.25. The van der Waals surface area contributed by atoms with E-state index in [1.54, 1.807) is 12.4 Å². The summed E-state index contributed by atoms with van der Waals surface area (Å²) in [4.78, 5) is 3.94. The van der Waals surface area contributed by atoms with Gasteiger partial charge >= 0.3 is 0 Å². The van der Waals surface area contributed by atoms with Crippen LogP contribution in [0, 0.1) is 0 Å². The van der Waals surface area contributed by atoms with Crippen molar-refractivity contribution in [1.29, 1.82) is 0 Å². The van der Waals surface area contributed by atoms with E-state index in [0.29, 0.717) is 6.54 Å². The zero-order chi connectivity index (χ0) is 7.40. The topological polar surface area (TPSA) is 50.9 Å². The number of rotatable bonds is 2. The predicted molar refractivity (Wildman–Crippen MR) is 41.7 cm³/mol. The number of nitrogens with two attached hydrogens (primary N) is 1. The van der Waals surface area contributed by atoms with Crippen LogP contribution in [0.3, 0.4) is 0 Å². The van der Waals surface area contributed by atoms with Crippen LogP contribution in [-0.2, 0) is 6.54 Å². The first-order valence-electron chi connectivity index (χ1n) is 3.19. The molecule has 10 heavy (non-hydrogen) atoms. The molecule has 1 rings (SSSR count). The van der Waals surface area contributed by atoms with Crippen molar-refractivity contribution in [1.82, 2.24) is 4.98 Å². The fourth-order valence-electron chi connectivity index (χ4n) is 0.834. The van der Waals surface area contributed by atoms with Gasteiger partial charge in [0.1, 0.15) is 0 Å². The molecular weight excluding hydrogens is 126 g/mol. The van der Waals surface area contributed by atoms with Crippen molar-refractivity contribution in [3.05, 3.63) is 24.0 Å². The molecule has 1 aromatic heterocycles. The number of hydrogen-bond donors (Lipinski definition) is 2. The van der Waals surface area contributed by atoms with Gasteiger partial charge in [-0.05, 0) is 6.07 Å². The maximum absolute atomic E-state index is 5.45. The van der Waals surface area contributed by atoms with Gasteiger partial charge in [-0.2, -0.15) is 0 Å². The van der Waals surface area contributed by atoms with Crippen molar-refractivity contribution in [2.75, 3.05) is 12.4 Å². The van der Waals surface area contributed by atoms with Crippen molar-refractivity contribution in [2.24, 2.45) is 5.73 Å². The van der Waals surface area contributed by atoms with Crippen LogP contribution in [0.2, 0.25) is 0 Å². The lowest BCUT2D eigenvalue weighted by Crippen LogP contribution is -2.01. The summed E-state index contributed by atoms with van der Waals surface area (Å²) in [6, 6.07) is 1.90. The molecule has 0 aliphatic rings. The lowest BCUT2D eigenvalue weighted by atomic mass is 10.2. The molecule has 0 fully saturated rings. The fourth-order valence-corrected chi connectivity index (χ4v) is 0.834. The summed E-state index contributed by atoms with van der Waals surface area (Å²) in [6.07, 6.45) is 3.51. The Morgan fingerprint density at radius 2 is 2.50 bits per heavy atom. The molecule has 0 saturated heterocycles. The van der Waals surface area contributed by atoms with Crippen molar-refractivity contribution in [3.63, 3.8) is 0 Å². The van der Waals surface area contributed by atoms with Crippen LogP contribution in [0.1, 0.15) is 5.56 Å². The van der Waals surface area contributed by atoms with Gasteiger partial charge in [-0.1, -0.05) is 0 Å². The highest BCUT2D eigenvalue weighted by molar-refractivity contribution is 5.48. The highest BCUT2D eigenvalue weighted by Crippen LogP contribution is 2.10. The smallest absolute Gasteiger partial charge is 0.0414 e. The summed E-state index contributed by atoms with van der Waals surface area (Å²) in [7, 11) is 1.87. The van der Waals surface area contributed by atoms with E-state index in [0.717, 1.165) is 11.3 Å². The fraction of sp³-hybridized carbons (Fsp3) is 0.286. The Balaban J connectivity index is 2.96. The highest BCUT2D eigenvalue weighted by Gasteiger charge is 1.94. The van der Waals surface area contributed by atoms with Gasteiger partial charge in [-0.15, -0.1) is 0 Å². The number of pyridine rings is 1. The largest absolute Gasteiger partial charge is 0.388 e. The predicted octanol–water partition coefficient (Wildman–Crippen LogP) is 0.582. The first-order valence-corrected chi connectivity index (χ1v) is 3.19. The summed E-state index contributed by atoms with van der Waals surface area (Å²) in [5, 5.41) is 3.03. The molecule has 0 unspecified atom stereocenters. The Kier molecular flexibility index (Phi) is 2.23. The Morgan fingerprint density at radius 3 is 3.00 bits per heavy atom. The standard InChI is InChI=1S/C7H11N3/c1-9-7-2-3-10-5-6(7)4-8/h2-3,5H,4,8H2,1H3,(H,9,10). The lowest BCUT2D eigenvalue weighted by molar-refractivity contribution is 1.05. The van der Waals surface area contributed by atoms with E-state index in [-0.39, 0.29) is 0 Å². The Hall–Kier alpha value is -1.09. The number of hydrogen-bond acceptors (Lipinski definition) is 3. The monoisotopic (exact) mass is 137 g/mol. The molecule has 0 aromatic carbocycles. The Morgan fingerprint density at radius 1 is 1.70 bits per heavy atom. The number of nitrogens with zero attached hydrogens (tertiary/aromatic N) is 1. The number of aromatic nitrogens is 1. The summed E-state index contributed by atoms with van der Waals surface area (Å²) >= 11 is 0. The van der Waals surface area contributed by atoms with Crippen LogP contribution in [0.5, 0.6) is 0 Å². The first kappa shape index (κ1) is 7.02. The van der Waals surface area contributed by atoms with E-state index in [1.165, 1.54) is 0 Å². The van der Waals surface area contributed by atoms with Gasteiger partial charge in [0.25, 0.3) is 0 Å². The zero-order valence-electron chi connectivity index (χ0n) is 5.96. The van der Waals surface area contributed by atoms with Gasteiger partial charge in [0.15, 0.2) is 0 Å². The van der Waals surface area contributed by atoms with Gasteiger partial charge in [-0.25, -0.2) is 0 Å². The molecule has 0 amide bonds. The minimum Gasteiger partial charge on any atom is -0.388 e. The molecule has 1 heterocycles. The van der Waals surface area contributed by atoms with E-state index in [1.807, 2.05) is 13.1 Å². The molecule has 0 saturated carbocycles. The summed E-state index contributed by atoms with van der Waals surface area (Å²) < 4.78 is 0. The van der Waals surface area contributed by atoms with Crippen molar-refractivity contribution in [2.45, 2.75) is 6.54 Å². The van der Waals surface area contributed by atoms with Crippen LogP contribution in [-0.4, -0.2) is 12.0 Å². The molecule has 0 radical (unpaired) electrons. The minimum atomic E-state index is 0.532. The van der Waals surface area contributed by atoms with E-state index >= 15 is 0 Å². The third-order valence-corrected chi connectivity index (χ3v) is 1.39. The Labute approximate surface area is 60.3 Å². The van der Waals surface area contributed by atoms with Gasteiger partial charge in [0.2, 0.25) is 0 Å². The normalized spacial score (nSPS) is 9.40. The molecule has 3 N–H and O–H groups in total. The number of nitrogens with one attached hydrogen (secondary N) is 1. The first-order chi connectivity index (χ1) is 4.88. The molecule has 1 aromatic rings. The molecule has 54 valence electrons. The second kappa shape index (κ2) is 3.17. The van der Waals surface area contributed by atoms with E-state index < -0.39 is 0 Å². The summed E-state index contributed by atoms with van der Waals surface area (Å²) in [6.45, 7) is 0.532. The minimum absolute atomic E-state index is 0.532. The van der Waals surface area contributed by atoms with E-state index in [2.05, 4.69) is 10.3 Å². The lowest BCUT2D eigenvalue weighted by Gasteiger charge is -2.03. The zero-order valence-corrected chi connectivity index (χ0v) is 5.96. The van der Waals surface area contributed by atoms with Gasteiger partial charge in [0.05, 0.1) is 0 Å². The molecule has 0 bridgehead atoms. The summed E-state index contributed by atoms with van der Waals surface area (Å²) in [5.74, 6) is 0. The molecular formula is C7H11N3. The average Bonchev–Trinajstić information content (AvgIpc) is 2.04. The van der Waals surface area contributed by atoms with E-state index in [9.17, 15) is 0 Å². The van der Waals surface area contributed by atoms with Gasteiger partial charge in [-0.3, -0.25) is 4.98 Å². The quantitative estimate of drug-likeness (QED) is 0.627. The maximum atomic E-state index is 5.45. The van der Waals surface area contributed by atoms with Crippen molar-refractivity contribution in [3.8, 4) is 0 Å². The molecule has 0 spiro atoms. The SMILES string of the molecule is CNc1ccncc1CN. The van der Waals surface area contributed by atoms with Gasteiger partial charge in [0, 0.05) is 37.2 Å². The molecule has 3 heteroatoms. The average molecular weight is 137 g/mol. The van der Waals surface area contributed by atoms with Gasteiger partial charge < -0.3 is 11.1 Å². The molecule has 0 aliphatic carbocycles. The third-order valence-electron chi connectivity index (χ3n) is 1.39. The molecule has 0 atom stereocenters. The van der Waals surface area contributed by atoms with Crippen molar-refractivity contribution < 1.29 is 0 Å². The van der Waals surface area contributed by atoms with Crippen LogP contribution < -0.4 is 11.1 Å². The van der Waals surface area contributed by atoms with E-state index in [4.69, 9.17) is 5.73 Å². The number of anilines is 1. The van der Waals surface area contributed by atoms with Crippen LogP contribution in [0.4, 0.5) is 5.69 Å². The molecule has 3 nitrogen and oxygen atoms in total. The summed E-state index contributed by atoms with van der Waals surface area (Å²) in [5.41, 5.74) is 7.55. The Bertz CT molecular complexity index is 187. The highest BCUT2D eigenvalue weighted by atomic mass is 14.8. The van der Waals surface area contributed by atoms with Crippen LogP contribution >= 0.6 is 0 Å². The second-order valence-corrected chi connectivity index (χ2v) is 1.99.